The van der Waals surface area contributed by atoms with Gasteiger partial charge in [-0.15, -0.1) is 0 Å². The first-order valence-electron chi connectivity index (χ1n) is 7.65. The average molecular weight is 285 g/mol. The van der Waals surface area contributed by atoms with Gasteiger partial charge in [-0.25, -0.2) is 4.79 Å². The number of nitrogens with one attached hydrogen (secondary N) is 2. The summed E-state index contributed by atoms with van der Waals surface area (Å²) in [5, 5.41) is 6.30. The number of rotatable bonds is 5. The van der Waals surface area contributed by atoms with Crippen LogP contribution in [0.3, 0.4) is 0 Å². The van der Waals surface area contributed by atoms with Gasteiger partial charge in [0.25, 0.3) is 0 Å². The average Bonchev–Trinajstić information content (AvgIpc) is 2.32. The molecular weight excluding hydrogens is 254 g/mol. The van der Waals surface area contributed by atoms with Gasteiger partial charge in [0.2, 0.25) is 0 Å². The molecule has 0 aromatic heterocycles. The summed E-state index contributed by atoms with van der Waals surface area (Å²) in [6.45, 7) is 11.7. The highest BCUT2D eigenvalue weighted by Crippen LogP contribution is 2.14. The van der Waals surface area contributed by atoms with E-state index in [2.05, 4.69) is 29.5 Å². The zero-order chi connectivity index (χ0) is 15.2. The quantitative estimate of drug-likeness (QED) is 0.809. The smallest absolute Gasteiger partial charge is 0.407 e. The van der Waals surface area contributed by atoms with Crippen molar-refractivity contribution in [2.45, 2.75) is 52.2 Å². The molecule has 1 rings (SSSR count). The van der Waals surface area contributed by atoms with E-state index in [0.717, 1.165) is 12.5 Å². The van der Waals surface area contributed by atoms with Gasteiger partial charge in [0.15, 0.2) is 0 Å². The normalized spacial score (nSPS) is 22.4. The minimum atomic E-state index is -0.437. The van der Waals surface area contributed by atoms with Crippen LogP contribution in [0.1, 0.15) is 40.5 Å². The Labute approximate surface area is 123 Å². The van der Waals surface area contributed by atoms with Gasteiger partial charge in [-0.05, 0) is 66.6 Å². The SMILES string of the molecule is CC(CNC(=O)OC(C)(C)C)NCC1CCCN(C)C1. The molecule has 0 spiro atoms. The van der Waals surface area contributed by atoms with Gasteiger partial charge in [0.1, 0.15) is 5.60 Å². The van der Waals surface area contributed by atoms with Gasteiger partial charge >= 0.3 is 6.09 Å². The minimum absolute atomic E-state index is 0.259. The second-order valence-corrected chi connectivity index (χ2v) is 6.96. The number of alkyl carbamates (subject to hydrolysis) is 1. The van der Waals surface area contributed by atoms with E-state index in [-0.39, 0.29) is 12.1 Å². The van der Waals surface area contributed by atoms with E-state index in [1.54, 1.807) is 0 Å². The highest BCUT2D eigenvalue weighted by atomic mass is 16.6. The van der Waals surface area contributed by atoms with Crippen LogP contribution in [-0.4, -0.2) is 55.9 Å². The van der Waals surface area contributed by atoms with Crippen molar-refractivity contribution in [1.82, 2.24) is 15.5 Å². The van der Waals surface area contributed by atoms with Crippen molar-refractivity contribution >= 4 is 6.09 Å². The predicted octanol–water partition coefficient (Wildman–Crippen LogP) is 1.83. The molecule has 1 amide bonds. The molecule has 1 aliphatic heterocycles. The molecule has 20 heavy (non-hydrogen) atoms. The lowest BCUT2D eigenvalue weighted by Crippen LogP contribution is -2.44. The van der Waals surface area contributed by atoms with Gasteiger partial charge in [0, 0.05) is 19.1 Å². The Morgan fingerprint density at radius 2 is 2.15 bits per heavy atom. The van der Waals surface area contributed by atoms with Gasteiger partial charge in [-0.3, -0.25) is 0 Å². The van der Waals surface area contributed by atoms with Crippen LogP contribution in [0.25, 0.3) is 0 Å². The Hall–Kier alpha value is -0.810. The number of likely N-dealkylation sites (tertiary alicyclic amines) is 1. The number of carbonyl (C=O) groups is 1. The van der Waals surface area contributed by atoms with Gasteiger partial charge in [0.05, 0.1) is 0 Å². The molecule has 0 aliphatic carbocycles. The lowest BCUT2D eigenvalue weighted by molar-refractivity contribution is 0.0523. The van der Waals surface area contributed by atoms with Crippen molar-refractivity contribution in [2.75, 3.05) is 33.2 Å². The van der Waals surface area contributed by atoms with Crippen LogP contribution in [0.15, 0.2) is 0 Å². The van der Waals surface area contributed by atoms with Crippen molar-refractivity contribution < 1.29 is 9.53 Å². The number of hydrogen-bond acceptors (Lipinski definition) is 4. The van der Waals surface area contributed by atoms with Crippen molar-refractivity contribution in [1.29, 1.82) is 0 Å². The number of carbonyl (C=O) groups excluding carboxylic acids is 1. The maximum absolute atomic E-state index is 11.5. The van der Waals surface area contributed by atoms with E-state index < -0.39 is 5.60 Å². The Balaban J connectivity index is 2.14. The summed E-state index contributed by atoms with van der Waals surface area (Å²) in [7, 11) is 2.18. The number of amides is 1. The third-order valence-electron chi connectivity index (χ3n) is 3.43. The minimum Gasteiger partial charge on any atom is -0.444 e. The topological polar surface area (TPSA) is 53.6 Å². The summed E-state index contributed by atoms with van der Waals surface area (Å²) < 4.78 is 5.21. The van der Waals surface area contributed by atoms with E-state index in [9.17, 15) is 4.79 Å². The fourth-order valence-electron chi connectivity index (χ4n) is 2.43. The summed E-state index contributed by atoms with van der Waals surface area (Å²) in [4.78, 5) is 13.9. The molecule has 0 aromatic rings. The summed E-state index contributed by atoms with van der Waals surface area (Å²) in [5.41, 5.74) is -0.437. The van der Waals surface area contributed by atoms with E-state index in [0.29, 0.717) is 6.54 Å². The van der Waals surface area contributed by atoms with Crippen LogP contribution in [0.5, 0.6) is 0 Å². The molecule has 2 atom stereocenters. The Morgan fingerprint density at radius 3 is 2.75 bits per heavy atom. The largest absolute Gasteiger partial charge is 0.444 e. The predicted molar refractivity (Wildman–Crippen MR) is 81.9 cm³/mol. The van der Waals surface area contributed by atoms with Crippen LogP contribution in [0.2, 0.25) is 0 Å². The molecule has 1 saturated heterocycles. The van der Waals surface area contributed by atoms with Gasteiger partial charge in [-0.2, -0.15) is 0 Å². The maximum Gasteiger partial charge on any atom is 0.407 e. The molecular formula is C15H31N3O2. The maximum atomic E-state index is 11.5. The van der Waals surface area contributed by atoms with Crippen LogP contribution >= 0.6 is 0 Å². The molecule has 5 heteroatoms. The molecule has 1 aliphatic rings. The standard InChI is InChI=1S/C15H31N3O2/c1-12(9-17-14(19)20-15(2,3)4)16-10-13-7-6-8-18(5)11-13/h12-13,16H,6-11H2,1-5H3,(H,17,19). The summed E-state index contributed by atoms with van der Waals surface area (Å²) in [6, 6.07) is 0.259. The molecule has 0 aromatic carbocycles. The summed E-state index contributed by atoms with van der Waals surface area (Å²) in [5.74, 6) is 0.720. The second kappa shape index (κ2) is 7.84. The first-order chi connectivity index (χ1) is 9.26. The Morgan fingerprint density at radius 1 is 1.45 bits per heavy atom. The third kappa shape index (κ3) is 7.70. The Kier molecular flexibility index (Phi) is 6.76. The van der Waals surface area contributed by atoms with Crippen LogP contribution in [-0.2, 0) is 4.74 Å². The highest BCUT2D eigenvalue weighted by Gasteiger charge is 2.18. The number of ether oxygens (including phenoxy) is 1. The van der Waals surface area contributed by atoms with Crippen LogP contribution in [0, 0.1) is 5.92 Å². The number of nitrogens with zero attached hydrogens (tertiary/aromatic N) is 1. The van der Waals surface area contributed by atoms with Crippen molar-refractivity contribution in [3.63, 3.8) is 0 Å². The number of piperidine rings is 1. The van der Waals surface area contributed by atoms with Gasteiger partial charge in [-0.1, -0.05) is 0 Å². The third-order valence-corrected chi connectivity index (χ3v) is 3.43. The highest BCUT2D eigenvalue weighted by molar-refractivity contribution is 5.67. The van der Waals surface area contributed by atoms with E-state index in [1.165, 1.54) is 25.9 Å². The molecule has 1 heterocycles. The van der Waals surface area contributed by atoms with Crippen LogP contribution in [0.4, 0.5) is 4.79 Å². The van der Waals surface area contributed by atoms with Crippen molar-refractivity contribution in [2.24, 2.45) is 5.92 Å². The summed E-state index contributed by atoms with van der Waals surface area (Å²) in [6.07, 6.45) is 2.24. The molecule has 2 unspecified atom stereocenters. The zero-order valence-electron chi connectivity index (χ0n) is 13.7. The molecule has 0 saturated carbocycles. The second-order valence-electron chi connectivity index (χ2n) is 6.96. The van der Waals surface area contributed by atoms with Crippen LogP contribution < -0.4 is 10.6 Å². The molecule has 118 valence electrons. The fraction of sp³-hybridized carbons (Fsp3) is 0.933. The fourth-order valence-corrected chi connectivity index (χ4v) is 2.43. The van der Waals surface area contributed by atoms with E-state index in [4.69, 9.17) is 4.74 Å². The Bertz CT molecular complexity index is 302. The van der Waals surface area contributed by atoms with E-state index in [1.807, 2.05) is 20.8 Å². The molecule has 0 radical (unpaired) electrons. The monoisotopic (exact) mass is 285 g/mol. The van der Waals surface area contributed by atoms with E-state index >= 15 is 0 Å². The van der Waals surface area contributed by atoms with Gasteiger partial charge < -0.3 is 20.3 Å². The molecule has 1 fully saturated rings. The lowest BCUT2D eigenvalue weighted by Gasteiger charge is -2.30. The zero-order valence-corrected chi connectivity index (χ0v) is 13.7. The first-order valence-corrected chi connectivity index (χ1v) is 7.65. The summed E-state index contributed by atoms with van der Waals surface area (Å²) >= 11 is 0. The lowest BCUT2D eigenvalue weighted by atomic mass is 9.98. The molecule has 2 N–H and O–H groups in total. The molecule has 0 bridgehead atoms. The van der Waals surface area contributed by atoms with Crippen molar-refractivity contribution in [3.8, 4) is 0 Å². The van der Waals surface area contributed by atoms with Crippen molar-refractivity contribution in [3.05, 3.63) is 0 Å². The molecule has 5 nitrogen and oxygen atoms in total. The number of hydrogen-bond donors (Lipinski definition) is 2. The first kappa shape index (κ1) is 17.2.